The number of carbonyl (C=O) groups is 1. The standard InChI is InChI=1S/C21H26N2O2/c24-20(14-18-13-15-7-8-17(18)12-15)22-10-3-11-25-19-6-1-4-16-5-2-9-23-21(16)19/h1-2,4-6,9,15,17-18H,3,7-8,10-14H2,(H,22,24). The van der Waals surface area contributed by atoms with Gasteiger partial charge in [0.15, 0.2) is 0 Å². The SMILES string of the molecule is O=C(CC1CC2CCC1C2)NCCCOc1cccc2cccnc12. The van der Waals surface area contributed by atoms with Gasteiger partial charge in [0.25, 0.3) is 0 Å². The van der Waals surface area contributed by atoms with E-state index in [-0.39, 0.29) is 5.91 Å². The number of nitrogens with zero attached hydrogens (tertiary/aromatic N) is 1. The minimum Gasteiger partial charge on any atom is -0.491 e. The van der Waals surface area contributed by atoms with E-state index in [1.54, 1.807) is 6.20 Å². The van der Waals surface area contributed by atoms with Crippen molar-refractivity contribution in [2.24, 2.45) is 17.8 Å². The number of ether oxygens (including phenoxy) is 1. The van der Waals surface area contributed by atoms with Gasteiger partial charge in [0.2, 0.25) is 5.91 Å². The molecule has 0 radical (unpaired) electrons. The summed E-state index contributed by atoms with van der Waals surface area (Å²) in [6.07, 6.45) is 8.69. The molecule has 2 aromatic rings. The van der Waals surface area contributed by atoms with Gasteiger partial charge in [-0.3, -0.25) is 9.78 Å². The highest BCUT2D eigenvalue weighted by Gasteiger charge is 2.39. The quantitative estimate of drug-likeness (QED) is 0.778. The van der Waals surface area contributed by atoms with E-state index in [1.807, 2.05) is 30.3 Å². The Hall–Kier alpha value is -2.10. The molecule has 0 spiro atoms. The molecule has 0 saturated heterocycles. The molecule has 2 saturated carbocycles. The van der Waals surface area contributed by atoms with Crippen LogP contribution in [-0.2, 0) is 4.79 Å². The molecule has 1 aromatic heterocycles. The lowest BCUT2D eigenvalue weighted by Crippen LogP contribution is -2.28. The first kappa shape index (κ1) is 16.4. The average Bonchev–Trinajstić information content (AvgIpc) is 3.24. The smallest absolute Gasteiger partial charge is 0.220 e. The molecule has 3 unspecified atom stereocenters. The molecule has 0 aliphatic heterocycles. The van der Waals surface area contributed by atoms with E-state index in [2.05, 4.69) is 10.3 Å². The van der Waals surface area contributed by atoms with Crippen molar-refractivity contribution >= 4 is 16.8 Å². The van der Waals surface area contributed by atoms with Gasteiger partial charge in [-0.25, -0.2) is 0 Å². The molecule has 4 rings (SSSR count). The molecule has 132 valence electrons. The van der Waals surface area contributed by atoms with Crippen LogP contribution in [0, 0.1) is 17.8 Å². The van der Waals surface area contributed by atoms with E-state index in [0.29, 0.717) is 19.1 Å². The van der Waals surface area contributed by atoms with Crippen molar-refractivity contribution in [3.63, 3.8) is 0 Å². The molecule has 1 aromatic carbocycles. The maximum absolute atomic E-state index is 12.1. The molecule has 1 amide bonds. The minimum absolute atomic E-state index is 0.212. The Balaban J connectivity index is 1.18. The molecule has 2 bridgehead atoms. The number of para-hydroxylation sites is 1. The highest BCUT2D eigenvalue weighted by Crippen LogP contribution is 2.49. The zero-order chi connectivity index (χ0) is 17.1. The number of pyridine rings is 1. The van der Waals surface area contributed by atoms with Crippen LogP contribution in [0.3, 0.4) is 0 Å². The number of fused-ring (bicyclic) bond motifs is 3. The summed E-state index contributed by atoms with van der Waals surface area (Å²) in [6.45, 7) is 1.27. The van der Waals surface area contributed by atoms with Gasteiger partial charge >= 0.3 is 0 Å². The van der Waals surface area contributed by atoms with Crippen molar-refractivity contribution < 1.29 is 9.53 Å². The molecule has 1 N–H and O–H groups in total. The van der Waals surface area contributed by atoms with Gasteiger partial charge in [-0.05, 0) is 55.6 Å². The first-order chi connectivity index (χ1) is 12.3. The Bertz CT molecular complexity index is 740. The predicted octanol–water partition coefficient (Wildman–Crippen LogP) is 3.95. The fraction of sp³-hybridized carbons (Fsp3) is 0.524. The second-order valence-corrected chi connectivity index (χ2v) is 7.52. The Morgan fingerprint density at radius 3 is 2.96 bits per heavy atom. The number of benzene rings is 1. The van der Waals surface area contributed by atoms with Crippen molar-refractivity contribution in [3.05, 3.63) is 36.5 Å². The van der Waals surface area contributed by atoms with E-state index in [4.69, 9.17) is 4.74 Å². The van der Waals surface area contributed by atoms with Gasteiger partial charge in [0.1, 0.15) is 11.3 Å². The second kappa shape index (κ2) is 7.42. The Kier molecular flexibility index (Phi) is 4.86. The zero-order valence-electron chi connectivity index (χ0n) is 14.6. The summed E-state index contributed by atoms with van der Waals surface area (Å²) in [5.41, 5.74) is 0.894. The number of amides is 1. The van der Waals surface area contributed by atoms with E-state index < -0.39 is 0 Å². The van der Waals surface area contributed by atoms with E-state index in [0.717, 1.165) is 41.3 Å². The van der Waals surface area contributed by atoms with Crippen LogP contribution >= 0.6 is 0 Å². The van der Waals surface area contributed by atoms with E-state index in [9.17, 15) is 4.79 Å². The van der Waals surface area contributed by atoms with Crippen LogP contribution in [0.4, 0.5) is 0 Å². The normalized spacial score (nSPS) is 24.6. The topological polar surface area (TPSA) is 51.2 Å². The Labute approximate surface area is 149 Å². The van der Waals surface area contributed by atoms with E-state index in [1.165, 1.54) is 25.7 Å². The predicted molar refractivity (Wildman–Crippen MR) is 98.4 cm³/mol. The fourth-order valence-electron chi connectivity index (χ4n) is 4.61. The molecule has 4 heteroatoms. The van der Waals surface area contributed by atoms with E-state index >= 15 is 0 Å². The number of hydrogen-bond acceptors (Lipinski definition) is 3. The third-order valence-corrected chi connectivity index (χ3v) is 5.83. The Morgan fingerprint density at radius 1 is 1.20 bits per heavy atom. The van der Waals surface area contributed by atoms with Crippen molar-refractivity contribution in [3.8, 4) is 5.75 Å². The summed E-state index contributed by atoms with van der Waals surface area (Å²) >= 11 is 0. The number of nitrogens with one attached hydrogen (secondary N) is 1. The number of aromatic nitrogens is 1. The third-order valence-electron chi connectivity index (χ3n) is 5.83. The van der Waals surface area contributed by atoms with Gasteiger partial charge < -0.3 is 10.1 Å². The van der Waals surface area contributed by atoms with Crippen LogP contribution in [0.5, 0.6) is 5.75 Å². The van der Waals surface area contributed by atoms with Crippen LogP contribution in [0.15, 0.2) is 36.5 Å². The lowest BCUT2D eigenvalue weighted by Gasteiger charge is -2.20. The summed E-state index contributed by atoms with van der Waals surface area (Å²) in [5.74, 6) is 3.39. The van der Waals surface area contributed by atoms with Crippen molar-refractivity contribution in [2.75, 3.05) is 13.2 Å². The fourth-order valence-corrected chi connectivity index (χ4v) is 4.61. The molecule has 3 atom stereocenters. The monoisotopic (exact) mass is 338 g/mol. The van der Waals surface area contributed by atoms with Crippen molar-refractivity contribution in [1.82, 2.24) is 10.3 Å². The minimum atomic E-state index is 0.212. The molecule has 25 heavy (non-hydrogen) atoms. The van der Waals surface area contributed by atoms with Gasteiger partial charge in [0, 0.05) is 24.5 Å². The number of hydrogen-bond donors (Lipinski definition) is 1. The van der Waals surface area contributed by atoms with Crippen LogP contribution in [0.2, 0.25) is 0 Å². The van der Waals surface area contributed by atoms with Crippen molar-refractivity contribution in [1.29, 1.82) is 0 Å². The van der Waals surface area contributed by atoms with Crippen molar-refractivity contribution in [2.45, 2.75) is 38.5 Å². The summed E-state index contributed by atoms with van der Waals surface area (Å²) in [5, 5.41) is 4.14. The lowest BCUT2D eigenvalue weighted by molar-refractivity contribution is -0.122. The summed E-state index contributed by atoms with van der Waals surface area (Å²) in [7, 11) is 0. The summed E-state index contributed by atoms with van der Waals surface area (Å²) in [6, 6.07) is 9.92. The zero-order valence-corrected chi connectivity index (χ0v) is 14.6. The van der Waals surface area contributed by atoms with Gasteiger partial charge in [-0.1, -0.05) is 24.6 Å². The van der Waals surface area contributed by atoms with Gasteiger partial charge in [0.05, 0.1) is 6.61 Å². The maximum Gasteiger partial charge on any atom is 0.220 e. The molecular formula is C21H26N2O2. The molecule has 2 aliphatic carbocycles. The Morgan fingerprint density at radius 2 is 2.12 bits per heavy atom. The first-order valence-corrected chi connectivity index (χ1v) is 9.53. The first-order valence-electron chi connectivity index (χ1n) is 9.53. The lowest BCUT2D eigenvalue weighted by atomic mass is 9.86. The number of carbonyl (C=O) groups excluding carboxylic acids is 1. The maximum atomic E-state index is 12.1. The summed E-state index contributed by atoms with van der Waals surface area (Å²) < 4.78 is 5.86. The highest BCUT2D eigenvalue weighted by atomic mass is 16.5. The molecule has 1 heterocycles. The summed E-state index contributed by atoms with van der Waals surface area (Å²) in [4.78, 5) is 16.5. The van der Waals surface area contributed by atoms with Crippen LogP contribution in [0.25, 0.3) is 10.9 Å². The average molecular weight is 338 g/mol. The van der Waals surface area contributed by atoms with Crippen LogP contribution in [0.1, 0.15) is 38.5 Å². The van der Waals surface area contributed by atoms with Gasteiger partial charge in [-0.15, -0.1) is 0 Å². The largest absolute Gasteiger partial charge is 0.491 e. The molecule has 2 aliphatic rings. The third kappa shape index (κ3) is 3.78. The van der Waals surface area contributed by atoms with Gasteiger partial charge in [-0.2, -0.15) is 0 Å². The van der Waals surface area contributed by atoms with Crippen LogP contribution < -0.4 is 10.1 Å². The number of rotatable bonds is 7. The molecular weight excluding hydrogens is 312 g/mol. The highest BCUT2D eigenvalue weighted by molar-refractivity contribution is 5.84. The molecule has 2 fully saturated rings. The van der Waals surface area contributed by atoms with Crippen LogP contribution in [-0.4, -0.2) is 24.0 Å². The molecule has 4 nitrogen and oxygen atoms in total. The second-order valence-electron chi connectivity index (χ2n) is 7.52.